The van der Waals surface area contributed by atoms with Crippen LogP contribution < -0.4 is 10.6 Å². The van der Waals surface area contributed by atoms with E-state index in [0.29, 0.717) is 22.5 Å². The van der Waals surface area contributed by atoms with Gasteiger partial charge in [-0.25, -0.2) is 0 Å². The molecule has 25 heavy (non-hydrogen) atoms. The molecule has 2 N–H and O–H groups in total. The van der Waals surface area contributed by atoms with Crippen LogP contribution >= 0.6 is 47.2 Å². The van der Waals surface area contributed by atoms with Gasteiger partial charge in [0.05, 0.1) is 11.7 Å². The van der Waals surface area contributed by atoms with E-state index >= 15 is 0 Å². The monoisotopic (exact) mass is 495 g/mol. The van der Waals surface area contributed by atoms with Gasteiger partial charge in [0.15, 0.2) is 5.96 Å². The summed E-state index contributed by atoms with van der Waals surface area (Å²) >= 11 is 12.2. The minimum Gasteiger partial charge on any atom is -0.352 e. The average molecular weight is 496 g/mol. The van der Waals surface area contributed by atoms with Crippen molar-refractivity contribution in [3.05, 3.63) is 50.8 Å². The van der Waals surface area contributed by atoms with E-state index in [4.69, 9.17) is 23.2 Å². The predicted molar refractivity (Wildman–Crippen MR) is 116 cm³/mol. The standard InChI is InChI=1S/C17H23Cl2N5.HI/c1-10(14-7-6-13(18)8-16(14)19)22-17(20-4)21-9-15-11(2)23-24(5)12(15)3;/h6-8,10H,9H2,1-5H3,(H2,20,21,22);1H. The van der Waals surface area contributed by atoms with Crippen LogP contribution in [0.2, 0.25) is 10.0 Å². The van der Waals surface area contributed by atoms with Crippen molar-refractivity contribution in [1.29, 1.82) is 0 Å². The van der Waals surface area contributed by atoms with Crippen molar-refractivity contribution in [3.63, 3.8) is 0 Å². The molecule has 0 fully saturated rings. The van der Waals surface area contributed by atoms with Crippen LogP contribution in [0.3, 0.4) is 0 Å². The summed E-state index contributed by atoms with van der Waals surface area (Å²) in [5.41, 5.74) is 4.31. The maximum atomic E-state index is 6.27. The summed E-state index contributed by atoms with van der Waals surface area (Å²) in [6.07, 6.45) is 0. The SMILES string of the molecule is CN=C(NCc1c(C)nn(C)c1C)NC(C)c1ccc(Cl)cc1Cl.I. The van der Waals surface area contributed by atoms with Crippen LogP contribution in [0.4, 0.5) is 0 Å². The molecule has 0 aliphatic carbocycles. The molecule has 1 aromatic heterocycles. The molecule has 0 radical (unpaired) electrons. The zero-order valence-corrected chi connectivity index (χ0v) is 18.9. The predicted octanol–water partition coefficient (Wildman–Crippen LogP) is 4.39. The van der Waals surface area contributed by atoms with Gasteiger partial charge in [-0.1, -0.05) is 29.3 Å². The molecule has 1 atom stereocenters. The smallest absolute Gasteiger partial charge is 0.191 e. The topological polar surface area (TPSA) is 54.2 Å². The highest BCUT2D eigenvalue weighted by molar-refractivity contribution is 14.0. The second-order valence-corrected chi connectivity index (χ2v) is 6.57. The third kappa shape index (κ3) is 5.49. The Labute approximate surface area is 176 Å². The van der Waals surface area contributed by atoms with Crippen molar-refractivity contribution in [2.75, 3.05) is 7.05 Å². The number of hydrogen-bond donors (Lipinski definition) is 2. The first kappa shape index (κ1) is 22.1. The molecule has 0 saturated heterocycles. The molecule has 0 saturated carbocycles. The van der Waals surface area contributed by atoms with Gasteiger partial charge in [0.25, 0.3) is 0 Å². The van der Waals surface area contributed by atoms with E-state index in [-0.39, 0.29) is 30.0 Å². The summed E-state index contributed by atoms with van der Waals surface area (Å²) in [6.45, 7) is 6.76. The Kier molecular flexibility index (Phi) is 8.50. The van der Waals surface area contributed by atoms with Crippen LogP contribution in [-0.4, -0.2) is 22.8 Å². The van der Waals surface area contributed by atoms with E-state index in [1.165, 1.54) is 5.56 Å². The molecule has 1 unspecified atom stereocenters. The average Bonchev–Trinajstić information content (AvgIpc) is 2.76. The van der Waals surface area contributed by atoms with Crippen molar-refractivity contribution < 1.29 is 0 Å². The molecule has 0 spiro atoms. The lowest BCUT2D eigenvalue weighted by molar-refractivity contribution is 0.684. The fourth-order valence-corrected chi connectivity index (χ4v) is 3.15. The fraction of sp³-hybridized carbons (Fsp3) is 0.412. The summed E-state index contributed by atoms with van der Waals surface area (Å²) in [6, 6.07) is 5.50. The van der Waals surface area contributed by atoms with Gasteiger partial charge in [0.1, 0.15) is 0 Å². The highest BCUT2D eigenvalue weighted by atomic mass is 127. The van der Waals surface area contributed by atoms with E-state index < -0.39 is 0 Å². The van der Waals surface area contributed by atoms with Crippen molar-refractivity contribution in [2.45, 2.75) is 33.4 Å². The Balaban J connectivity index is 0.00000312. The van der Waals surface area contributed by atoms with Crippen LogP contribution in [0.5, 0.6) is 0 Å². The molecule has 8 heteroatoms. The molecular weight excluding hydrogens is 472 g/mol. The first-order chi connectivity index (χ1) is 11.3. The molecule has 0 aliphatic rings. The zero-order chi connectivity index (χ0) is 17.9. The number of halogens is 3. The first-order valence-electron chi connectivity index (χ1n) is 7.74. The molecule has 138 valence electrons. The molecule has 1 aromatic carbocycles. The third-order valence-electron chi connectivity index (χ3n) is 4.10. The van der Waals surface area contributed by atoms with Crippen LogP contribution in [0.15, 0.2) is 23.2 Å². The minimum atomic E-state index is -0.00272. The molecule has 0 amide bonds. The maximum Gasteiger partial charge on any atom is 0.191 e. The Morgan fingerprint density at radius 1 is 1.32 bits per heavy atom. The number of nitrogens with one attached hydrogen (secondary N) is 2. The molecule has 2 rings (SSSR count). The molecule has 5 nitrogen and oxygen atoms in total. The van der Waals surface area contributed by atoms with Crippen molar-refractivity contribution in [1.82, 2.24) is 20.4 Å². The van der Waals surface area contributed by atoms with E-state index in [2.05, 4.69) is 27.6 Å². The van der Waals surface area contributed by atoms with Crippen LogP contribution in [0, 0.1) is 13.8 Å². The molecule has 1 heterocycles. The second kappa shape index (κ2) is 9.64. The quantitative estimate of drug-likeness (QED) is 0.375. The number of guanidine groups is 1. The Morgan fingerprint density at radius 3 is 2.52 bits per heavy atom. The number of hydrogen-bond acceptors (Lipinski definition) is 2. The van der Waals surface area contributed by atoms with Crippen molar-refractivity contribution in [3.8, 4) is 0 Å². The summed E-state index contributed by atoms with van der Waals surface area (Å²) in [7, 11) is 3.69. The number of aliphatic imine (C=N–C) groups is 1. The number of benzene rings is 1. The van der Waals surface area contributed by atoms with Gasteiger partial charge >= 0.3 is 0 Å². The Bertz CT molecular complexity index is 758. The molecule has 0 bridgehead atoms. The number of rotatable bonds is 4. The first-order valence-corrected chi connectivity index (χ1v) is 8.50. The van der Waals surface area contributed by atoms with E-state index in [1.807, 2.05) is 37.7 Å². The minimum absolute atomic E-state index is 0. The Hall–Kier alpha value is -0.990. The van der Waals surface area contributed by atoms with Gasteiger partial charge in [0, 0.05) is 41.9 Å². The van der Waals surface area contributed by atoms with Gasteiger partial charge in [-0.3, -0.25) is 9.67 Å². The highest BCUT2D eigenvalue weighted by Crippen LogP contribution is 2.26. The maximum absolute atomic E-state index is 6.27. The lowest BCUT2D eigenvalue weighted by Crippen LogP contribution is -2.38. The van der Waals surface area contributed by atoms with Gasteiger partial charge in [-0.05, 0) is 38.5 Å². The summed E-state index contributed by atoms with van der Waals surface area (Å²) in [5, 5.41) is 12.4. The summed E-state index contributed by atoms with van der Waals surface area (Å²) in [5.74, 6) is 0.705. The largest absolute Gasteiger partial charge is 0.352 e. The van der Waals surface area contributed by atoms with E-state index in [9.17, 15) is 0 Å². The summed E-state index contributed by atoms with van der Waals surface area (Å²) < 4.78 is 1.89. The van der Waals surface area contributed by atoms with Crippen LogP contribution in [-0.2, 0) is 13.6 Å². The third-order valence-corrected chi connectivity index (χ3v) is 4.66. The Morgan fingerprint density at radius 2 is 2.00 bits per heavy atom. The van der Waals surface area contributed by atoms with Crippen LogP contribution in [0.25, 0.3) is 0 Å². The van der Waals surface area contributed by atoms with Crippen LogP contribution in [0.1, 0.15) is 35.5 Å². The van der Waals surface area contributed by atoms with Gasteiger partial charge < -0.3 is 10.6 Å². The van der Waals surface area contributed by atoms with Crippen molar-refractivity contribution in [2.24, 2.45) is 12.0 Å². The fourth-order valence-electron chi connectivity index (χ4n) is 2.58. The zero-order valence-electron chi connectivity index (χ0n) is 15.0. The van der Waals surface area contributed by atoms with E-state index in [0.717, 1.165) is 17.0 Å². The lowest BCUT2D eigenvalue weighted by Gasteiger charge is -2.19. The van der Waals surface area contributed by atoms with Crippen molar-refractivity contribution >= 4 is 53.1 Å². The summed E-state index contributed by atoms with van der Waals surface area (Å²) in [4.78, 5) is 4.28. The molecule has 2 aromatic rings. The van der Waals surface area contributed by atoms with E-state index in [1.54, 1.807) is 13.1 Å². The van der Waals surface area contributed by atoms with Gasteiger partial charge in [-0.2, -0.15) is 5.10 Å². The van der Waals surface area contributed by atoms with Gasteiger partial charge in [-0.15, -0.1) is 24.0 Å². The molecule has 0 aliphatic heterocycles. The molecular formula is C17H24Cl2IN5. The normalized spacial score (nSPS) is 12.5. The second-order valence-electron chi connectivity index (χ2n) is 5.73. The number of aryl methyl sites for hydroxylation is 2. The number of aromatic nitrogens is 2. The highest BCUT2D eigenvalue weighted by Gasteiger charge is 2.13. The van der Waals surface area contributed by atoms with Gasteiger partial charge in [0.2, 0.25) is 0 Å². The lowest BCUT2D eigenvalue weighted by atomic mass is 10.1. The number of nitrogens with zero attached hydrogens (tertiary/aromatic N) is 3.